The van der Waals surface area contributed by atoms with Crippen molar-refractivity contribution in [3.05, 3.63) is 70.8 Å². The van der Waals surface area contributed by atoms with Crippen LogP contribution in [-0.4, -0.2) is 25.1 Å². The van der Waals surface area contributed by atoms with Gasteiger partial charge in [-0.25, -0.2) is 9.67 Å². The third kappa shape index (κ3) is 2.88. The highest BCUT2D eigenvalue weighted by atomic mass is 79.9. The predicted octanol–water partition coefficient (Wildman–Crippen LogP) is 4.01. The Kier molecular flexibility index (Phi) is 3.74. The number of phenolic OH excluding ortho intramolecular Hbond substituents is 1. The number of para-hydroxylation sites is 1. The van der Waals surface area contributed by atoms with Crippen molar-refractivity contribution in [3.63, 3.8) is 0 Å². The molecule has 0 aliphatic carbocycles. The third-order valence-corrected chi connectivity index (χ3v) is 4.29. The lowest BCUT2D eigenvalue weighted by atomic mass is 10.1. The maximum Gasteiger partial charge on any atom is 0.141 e. The SMILES string of the molecule is Oc1cccc2ccc(-c3cn(Cc4ccc(Br)cc4)nn3)nc12. The van der Waals surface area contributed by atoms with E-state index in [0.29, 0.717) is 23.4 Å². The first-order valence-corrected chi connectivity index (χ1v) is 8.22. The van der Waals surface area contributed by atoms with E-state index >= 15 is 0 Å². The fraction of sp³-hybridized carbons (Fsp3) is 0.0556. The number of hydrogen-bond acceptors (Lipinski definition) is 4. The molecule has 2 aromatic heterocycles. The van der Waals surface area contributed by atoms with Gasteiger partial charge in [-0.05, 0) is 29.8 Å². The number of aromatic nitrogens is 4. The van der Waals surface area contributed by atoms with Crippen LogP contribution in [-0.2, 0) is 6.54 Å². The summed E-state index contributed by atoms with van der Waals surface area (Å²) < 4.78 is 2.82. The van der Waals surface area contributed by atoms with Crippen LogP contribution in [0, 0.1) is 0 Å². The zero-order valence-electron chi connectivity index (χ0n) is 12.6. The lowest BCUT2D eigenvalue weighted by Gasteiger charge is -2.02. The van der Waals surface area contributed by atoms with E-state index in [1.807, 2.05) is 48.7 Å². The topological polar surface area (TPSA) is 63.8 Å². The van der Waals surface area contributed by atoms with Gasteiger partial charge < -0.3 is 5.11 Å². The molecule has 0 amide bonds. The van der Waals surface area contributed by atoms with Crippen molar-refractivity contribution in [3.8, 4) is 17.1 Å². The van der Waals surface area contributed by atoms with Crippen molar-refractivity contribution in [2.24, 2.45) is 0 Å². The average molecular weight is 381 g/mol. The summed E-state index contributed by atoms with van der Waals surface area (Å²) in [7, 11) is 0. The summed E-state index contributed by atoms with van der Waals surface area (Å²) in [5.74, 6) is 0.164. The molecule has 0 atom stereocenters. The Morgan fingerprint density at radius 3 is 2.62 bits per heavy atom. The van der Waals surface area contributed by atoms with Crippen LogP contribution >= 0.6 is 15.9 Å². The molecule has 0 aliphatic rings. The van der Waals surface area contributed by atoms with Crippen LogP contribution in [0.5, 0.6) is 5.75 Å². The molecule has 0 spiro atoms. The number of aromatic hydroxyl groups is 1. The number of halogens is 1. The maximum atomic E-state index is 9.96. The molecule has 0 aliphatic heterocycles. The molecular formula is C18H13BrN4O. The van der Waals surface area contributed by atoms with Gasteiger partial charge in [0.2, 0.25) is 0 Å². The van der Waals surface area contributed by atoms with Gasteiger partial charge >= 0.3 is 0 Å². The quantitative estimate of drug-likeness (QED) is 0.583. The molecule has 5 nitrogen and oxygen atoms in total. The van der Waals surface area contributed by atoms with E-state index in [2.05, 4.69) is 31.2 Å². The minimum absolute atomic E-state index is 0.164. The molecule has 2 aromatic carbocycles. The summed E-state index contributed by atoms with van der Waals surface area (Å²) in [6.07, 6.45) is 1.86. The van der Waals surface area contributed by atoms with E-state index in [1.165, 1.54) is 0 Å². The summed E-state index contributed by atoms with van der Waals surface area (Å²) in [5.41, 5.74) is 3.07. The van der Waals surface area contributed by atoms with E-state index in [0.717, 1.165) is 15.4 Å². The Morgan fingerprint density at radius 1 is 0.958 bits per heavy atom. The Bertz CT molecular complexity index is 1010. The molecule has 4 rings (SSSR count). The highest BCUT2D eigenvalue weighted by molar-refractivity contribution is 9.10. The maximum absolute atomic E-state index is 9.96. The Balaban J connectivity index is 1.64. The number of fused-ring (bicyclic) bond motifs is 1. The Labute approximate surface area is 146 Å². The van der Waals surface area contributed by atoms with Crippen molar-refractivity contribution in [2.75, 3.05) is 0 Å². The van der Waals surface area contributed by atoms with Crippen molar-refractivity contribution in [1.82, 2.24) is 20.0 Å². The van der Waals surface area contributed by atoms with E-state index < -0.39 is 0 Å². The molecule has 4 aromatic rings. The smallest absolute Gasteiger partial charge is 0.141 e. The van der Waals surface area contributed by atoms with E-state index in [9.17, 15) is 5.11 Å². The van der Waals surface area contributed by atoms with Crippen molar-refractivity contribution in [1.29, 1.82) is 0 Å². The Hall–Kier alpha value is -2.73. The molecule has 0 bridgehead atoms. The molecule has 118 valence electrons. The molecule has 2 heterocycles. The Morgan fingerprint density at radius 2 is 1.79 bits per heavy atom. The second kappa shape index (κ2) is 6.05. The van der Waals surface area contributed by atoms with E-state index in [4.69, 9.17) is 0 Å². The second-order valence-corrected chi connectivity index (χ2v) is 6.39. The first-order chi connectivity index (χ1) is 11.7. The molecule has 24 heavy (non-hydrogen) atoms. The summed E-state index contributed by atoms with van der Waals surface area (Å²) >= 11 is 3.43. The fourth-order valence-electron chi connectivity index (χ4n) is 2.54. The number of rotatable bonds is 3. The molecular weight excluding hydrogens is 368 g/mol. The first-order valence-electron chi connectivity index (χ1n) is 7.43. The zero-order chi connectivity index (χ0) is 16.5. The summed E-state index contributed by atoms with van der Waals surface area (Å²) in [4.78, 5) is 4.50. The van der Waals surface area contributed by atoms with E-state index in [-0.39, 0.29) is 5.75 Å². The minimum Gasteiger partial charge on any atom is -0.506 e. The zero-order valence-corrected chi connectivity index (χ0v) is 14.2. The lowest BCUT2D eigenvalue weighted by molar-refractivity contribution is 0.480. The van der Waals surface area contributed by atoms with Crippen LogP contribution in [0.1, 0.15) is 5.56 Å². The van der Waals surface area contributed by atoms with E-state index in [1.54, 1.807) is 16.8 Å². The number of pyridine rings is 1. The van der Waals surface area contributed by atoms with Crippen molar-refractivity contribution in [2.45, 2.75) is 6.54 Å². The van der Waals surface area contributed by atoms with Gasteiger partial charge in [-0.3, -0.25) is 0 Å². The fourth-order valence-corrected chi connectivity index (χ4v) is 2.81. The van der Waals surface area contributed by atoms with Crippen LogP contribution in [0.25, 0.3) is 22.3 Å². The third-order valence-electron chi connectivity index (χ3n) is 3.76. The standard InChI is InChI=1S/C18H13BrN4O/c19-14-7-4-12(5-8-14)10-23-11-16(21-22-23)15-9-6-13-2-1-3-17(24)18(13)20-15/h1-9,11,24H,10H2. The lowest BCUT2D eigenvalue weighted by Crippen LogP contribution is -1.99. The predicted molar refractivity (Wildman–Crippen MR) is 95.7 cm³/mol. The second-order valence-electron chi connectivity index (χ2n) is 5.47. The number of benzene rings is 2. The van der Waals surface area contributed by atoms with Gasteiger partial charge in [0.05, 0.1) is 18.4 Å². The van der Waals surface area contributed by atoms with Gasteiger partial charge in [-0.15, -0.1) is 5.10 Å². The molecule has 0 saturated heterocycles. The normalized spacial score (nSPS) is 11.0. The van der Waals surface area contributed by atoms with Crippen LogP contribution in [0.15, 0.2) is 65.3 Å². The summed E-state index contributed by atoms with van der Waals surface area (Å²) in [6.45, 7) is 0.638. The summed E-state index contributed by atoms with van der Waals surface area (Å²) in [6, 6.07) is 17.2. The largest absolute Gasteiger partial charge is 0.506 e. The highest BCUT2D eigenvalue weighted by Gasteiger charge is 2.08. The van der Waals surface area contributed by atoms with Gasteiger partial charge in [0.1, 0.15) is 17.0 Å². The molecule has 0 unspecified atom stereocenters. The minimum atomic E-state index is 0.164. The molecule has 0 saturated carbocycles. The van der Waals surface area contributed by atoms with Crippen molar-refractivity contribution < 1.29 is 5.11 Å². The number of nitrogens with zero attached hydrogens (tertiary/aromatic N) is 4. The molecule has 0 radical (unpaired) electrons. The first kappa shape index (κ1) is 14.8. The molecule has 1 N–H and O–H groups in total. The van der Waals surface area contributed by atoms with Crippen LogP contribution < -0.4 is 0 Å². The molecule has 6 heteroatoms. The van der Waals surface area contributed by atoms with Crippen LogP contribution in [0.4, 0.5) is 0 Å². The van der Waals surface area contributed by atoms with Crippen LogP contribution in [0.2, 0.25) is 0 Å². The average Bonchev–Trinajstić information content (AvgIpc) is 3.06. The van der Waals surface area contributed by atoms with Gasteiger partial charge in [-0.2, -0.15) is 0 Å². The van der Waals surface area contributed by atoms with Gasteiger partial charge in [0.15, 0.2) is 0 Å². The highest BCUT2D eigenvalue weighted by Crippen LogP contribution is 2.25. The van der Waals surface area contributed by atoms with Gasteiger partial charge in [-0.1, -0.05) is 51.5 Å². The van der Waals surface area contributed by atoms with Crippen LogP contribution in [0.3, 0.4) is 0 Å². The monoisotopic (exact) mass is 380 g/mol. The number of hydrogen-bond donors (Lipinski definition) is 1. The van der Waals surface area contributed by atoms with Gasteiger partial charge in [0, 0.05) is 9.86 Å². The van der Waals surface area contributed by atoms with Gasteiger partial charge in [0.25, 0.3) is 0 Å². The molecule has 0 fully saturated rings. The summed E-state index contributed by atoms with van der Waals surface area (Å²) in [5, 5.41) is 19.2. The number of phenols is 1. The van der Waals surface area contributed by atoms with Crippen molar-refractivity contribution >= 4 is 26.8 Å².